The van der Waals surface area contributed by atoms with E-state index in [2.05, 4.69) is 5.32 Å². The number of benzene rings is 1. The standard InChI is InChI=1S/C15H19F3N2O.ClH/c1-10(19)7-13(21)20-9-14(5-6-14)11-3-2-4-12(8-11)15(16,17)18;/h2-4,8,10H,5-7,9,19H2,1H3,(H,20,21);1H. The van der Waals surface area contributed by atoms with E-state index in [4.69, 9.17) is 5.73 Å². The van der Waals surface area contributed by atoms with E-state index in [1.54, 1.807) is 13.0 Å². The molecular formula is C15H20ClF3N2O. The Bertz CT molecular complexity index is 528. The molecule has 0 aliphatic heterocycles. The number of nitrogens with one attached hydrogen (secondary N) is 1. The van der Waals surface area contributed by atoms with Gasteiger partial charge in [-0.05, 0) is 31.4 Å². The average molecular weight is 337 g/mol. The highest BCUT2D eigenvalue weighted by molar-refractivity contribution is 5.85. The minimum atomic E-state index is -4.34. The molecular weight excluding hydrogens is 317 g/mol. The Morgan fingerprint density at radius 2 is 2.05 bits per heavy atom. The van der Waals surface area contributed by atoms with Gasteiger partial charge in [0.2, 0.25) is 5.91 Å². The van der Waals surface area contributed by atoms with Crippen molar-refractivity contribution < 1.29 is 18.0 Å². The van der Waals surface area contributed by atoms with Crippen LogP contribution >= 0.6 is 12.4 Å². The van der Waals surface area contributed by atoms with Crippen molar-refractivity contribution in [3.63, 3.8) is 0 Å². The molecule has 0 saturated heterocycles. The van der Waals surface area contributed by atoms with Gasteiger partial charge in [0.25, 0.3) is 0 Å². The summed E-state index contributed by atoms with van der Waals surface area (Å²) in [4.78, 5) is 11.6. The lowest BCUT2D eigenvalue weighted by molar-refractivity contribution is -0.137. The number of halogens is 4. The molecule has 0 heterocycles. The Morgan fingerprint density at radius 1 is 1.41 bits per heavy atom. The number of rotatable bonds is 5. The van der Waals surface area contributed by atoms with Crippen LogP contribution in [-0.2, 0) is 16.4 Å². The summed E-state index contributed by atoms with van der Waals surface area (Å²) >= 11 is 0. The molecule has 1 aliphatic rings. The van der Waals surface area contributed by atoms with Gasteiger partial charge in [-0.25, -0.2) is 0 Å². The fourth-order valence-corrected chi connectivity index (χ4v) is 2.38. The fraction of sp³-hybridized carbons (Fsp3) is 0.533. The second-order valence-electron chi connectivity index (χ2n) is 5.82. The van der Waals surface area contributed by atoms with E-state index in [-0.39, 0.29) is 36.2 Å². The van der Waals surface area contributed by atoms with E-state index in [0.717, 1.165) is 18.9 Å². The average Bonchev–Trinajstić information content (AvgIpc) is 3.16. The first kappa shape index (κ1) is 18.8. The zero-order valence-corrected chi connectivity index (χ0v) is 13.1. The summed E-state index contributed by atoms with van der Waals surface area (Å²) in [6.45, 7) is 2.10. The van der Waals surface area contributed by atoms with Crippen LogP contribution in [0.3, 0.4) is 0 Å². The highest BCUT2D eigenvalue weighted by atomic mass is 35.5. The van der Waals surface area contributed by atoms with Crippen molar-refractivity contribution in [3.05, 3.63) is 35.4 Å². The van der Waals surface area contributed by atoms with Crippen LogP contribution in [0.15, 0.2) is 24.3 Å². The molecule has 0 spiro atoms. The van der Waals surface area contributed by atoms with Crippen molar-refractivity contribution in [2.45, 2.75) is 43.8 Å². The van der Waals surface area contributed by atoms with Crippen LogP contribution in [0.2, 0.25) is 0 Å². The lowest BCUT2D eigenvalue weighted by Gasteiger charge is -2.18. The zero-order chi connectivity index (χ0) is 15.7. The zero-order valence-electron chi connectivity index (χ0n) is 12.2. The van der Waals surface area contributed by atoms with Crippen LogP contribution in [0, 0.1) is 0 Å². The molecule has 0 aromatic heterocycles. The third kappa shape index (κ3) is 4.61. The second-order valence-corrected chi connectivity index (χ2v) is 5.82. The number of hydrogen-bond acceptors (Lipinski definition) is 2. The van der Waals surface area contributed by atoms with Gasteiger partial charge in [0.1, 0.15) is 0 Å². The number of amides is 1. The Balaban J connectivity index is 0.00000242. The van der Waals surface area contributed by atoms with Gasteiger partial charge < -0.3 is 11.1 Å². The number of hydrogen-bond donors (Lipinski definition) is 2. The maximum atomic E-state index is 12.8. The summed E-state index contributed by atoms with van der Waals surface area (Å²) in [7, 11) is 0. The van der Waals surface area contributed by atoms with Crippen molar-refractivity contribution >= 4 is 18.3 Å². The second kappa shape index (κ2) is 6.87. The molecule has 1 atom stereocenters. The van der Waals surface area contributed by atoms with Crippen molar-refractivity contribution in [1.29, 1.82) is 0 Å². The van der Waals surface area contributed by atoms with Gasteiger partial charge in [0.15, 0.2) is 0 Å². The number of carbonyl (C=O) groups is 1. The highest BCUT2D eigenvalue weighted by Crippen LogP contribution is 2.48. The van der Waals surface area contributed by atoms with Crippen molar-refractivity contribution in [3.8, 4) is 0 Å². The Labute approximate surface area is 133 Å². The van der Waals surface area contributed by atoms with Crippen LogP contribution in [0.5, 0.6) is 0 Å². The van der Waals surface area contributed by atoms with Crippen LogP contribution in [0.4, 0.5) is 13.2 Å². The summed E-state index contributed by atoms with van der Waals surface area (Å²) in [6.07, 6.45) is -2.55. The van der Waals surface area contributed by atoms with Gasteiger partial charge in [-0.15, -0.1) is 12.4 Å². The van der Waals surface area contributed by atoms with Crippen LogP contribution in [0.1, 0.15) is 37.3 Å². The Kier molecular flexibility index (Phi) is 5.87. The van der Waals surface area contributed by atoms with Crippen molar-refractivity contribution in [2.24, 2.45) is 5.73 Å². The highest BCUT2D eigenvalue weighted by Gasteiger charge is 2.45. The third-order valence-corrected chi connectivity index (χ3v) is 3.79. The van der Waals surface area contributed by atoms with Gasteiger partial charge in [0, 0.05) is 24.4 Å². The van der Waals surface area contributed by atoms with Gasteiger partial charge in [-0.2, -0.15) is 13.2 Å². The summed E-state index contributed by atoms with van der Waals surface area (Å²) < 4.78 is 38.3. The van der Waals surface area contributed by atoms with Gasteiger partial charge >= 0.3 is 6.18 Å². The molecule has 1 unspecified atom stereocenters. The van der Waals surface area contributed by atoms with E-state index in [9.17, 15) is 18.0 Å². The maximum Gasteiger partial charge on any atom is 0.416 e. The predicted molar refractivity (Wildman–Crippen MR) is 80.9 cm³/mol. The largest absolute Gasteiger partial charge is 0.416 e. The van der Waals surface area contributed by atoms with E-state index in [1.807, 2.05) is 0 Å². The number of carbonyl (C=O) groups excluding carboxylic acids is 1. The lowest BCUT2D eigenvalue weighted by Crippen LogP contribution is -2.35. The fourth-order valence-electron chi connectivity index (χ4n) is 2.38. The van der Waals surface area contributed by atoms with Gasteiger partial charge in [-0.3, -0.25) is 4.79 Å². The molecule has 0 radical (unpaired) electrons. The summed E-state index contributed by atoms with van der Waals surface area (Å²) in [5.74, 6) is -0.164. The molecule has 1 aromatic carbocycles. The topological polar surface area (TPSA) is 55.1 Å². The Morgan fingerprint density at radius 3 is 2.55 bits per heavy atom. The van der Waals surface area contributed by atoms with E-state index in [1.165, 1.54) is 12.1 Å². The van der Waals surface area contributed by atoms with Gasteiger partial charge in [0.05, 0.1) is 5.56 Å². The maximum absolute atomic E-state index is 12.8. The predicted octanol–water partition coefficient (Wildman–Crippen LogP) is 3.01. The van der Waals surface area contributed by atoms with E-state index < -0.39 is 11.7 Å². The van der Waals surface area contributed by atoms with Crippen molar-refractivity contribution in [2.75, 3.05) is 6.54 Å². The third-order valence-electron chi connectivity index (χ3n) is 3.79. The van der Waals surface area contributed by atoms with E-state index in [0.29, 0.717) is 12.1 Å². The molecule has 3 N–H and O–H groups in total. The molecule has 3 nitrogen and oxygen atoms in total. The minimum absolute atomic E-state index is 0. The molecule has 7 heteroatoms. The molecule has 1 amide bonds. The van der Waals surface area contributed by atoms with Gasteiger partial charge in [-0.1, -0.05) is 18.2 Å². The molecule has 2 rings (SSSR count). The normalized spacial score (nSPS) is 17.3. The van der Waals surface area contributed by atoms with Crippen LogP contribution in [0.25, 0.3) is 0 Å². The molecule has 22 heavy (non-hydrogen) atoms. The lowest BCUT2D eigenvalue weighted by atomic mass is 9.94. The van der Waals surface area contributed by atoms with E-state index >= 15 is 0 Å². The van der Waals surface area contributed by atoms with Crippen molar-refractivity contribution in [1.82, 2.24) is 5.32 Å². The molecule has 1 saturated carbocycles. The quantitative estimate of drug-likeness (QED) is 0.868. The minimum Gasteiger partial charge on any atom is -0.355 e. The first-order valence-corrected chi connectivity index (χ1v) is 6.93. The first-order chi connectivity index (χ1) is 9.73. The van der Waals surface area contributed by atoms with Crippen LogP contribution in [-0.4, -0.2) is 18.5 Å². The Hall–Kier alpha value is -1.27. The smallest absolute Gasteiger partial charge is 0.355 e. The SMILES string of the molecule is CC(N)CC(=O)NCC1(c2cccc(C(F)(F)F)c2)CC1.Cl. The molecule has 1 fully saturated rings. The number of alkyl halides is 3. The number of nitrogens with two attached hydrogens (primary N) is 1. The molecule has 0 bridgehead atoms. The summed E-state index contributed by atoms with van der Waals surface area (Å²) in [5, 5.41) is 2.77. The van der Waals surface area contributed by atoms with Crippen LogP contribution < -0.4 is 11.1 Å². The summed E-state index contributed by atoms with van der Waals surface area (Å²) in [6, 6.07) is 5.13. The molecule has 1 aromatic rings. The molecule has 124 valence electrons. The monoisotopic (exact) mass is 336 g/mol. The first-order valence-electron chi connectivity index (χ1n) is 6.93. The summed E-state index contributed by atoms with van der Waals surface area (Å²) in [5.41, 5.74) is 5.18. The molecule has 1 aliphatic carbocycles.